The molecule has 0 radical (unpaired) electrons. The third-order valence-corrected chi connectivity index (χ3v) is 8.43. The molecular weight excluding hydrogens is 626 g/mol. The van der Waals surface area contributed by atoms with E-state index in [0.717, 1.165) is 65.2 Å². The Labute approximate surface area is 285 Å². The van der Waals surface area contributed by atoms with Crippen molar-refractivity contribution in [1.82, 2.24) is 0 Å². The van der Waals surface area contributed by atoms with Gasteiger partial charge < -0.3 is 31.2 Å². The van der Waals surface area contributed by atoms with Crippen LogP contribution in [-0.2, 0) is 40.3 Å². The summed E-state index contributed by atoms with van der Waals surface area (Å²) >= 11 is 0. The number of aliphatic carboxylic acids is 2. The molecule has 0 saturated carbocycles. The summed E-state index contributed by atoms with van der Waals surface area (Å²) in [5, 5.41) is 15.2. The maximum atomic E-state index is 11.6. The zero-order chi connectivity index (χ0) is 34.0. The van der Waals surface area contributed by atoms with Crippen molar-refractivity contribution in [1.29, 1.82) is 0 Å². The fourth-order valence-electron chi connectivity index (χ4n) is 5.56. The average Bonchev–Trinajstić information content (AvgIpc) is 2.94. The van der Waals surface area contributed by atoms with Gasteiger partial charge in [-0.2, -0.15) is 0 Å². The number of esters is 1. The summed E-state index contributed by atoms with van der Waals surface area (Å²) in [5.74, 6) is 2.05. The number of hydrogen-bond acceptors (Lipinski definition) is 7. The quantitative estimate of drug-likeness (QED) is 0.0854. The SMILES string of the molecule is CC(=O)Oc1c(C)c(C)c2c(c1C)CC[C@@](C)(CCC[C@H](C)CCC[C@H](C)CCCC(C)C)O2.NCC(=O)O.NCC(=O)O.[Zn]. The first-order chi connectivity index (χ1) is 20.5. The molecule has 3 atom stereocenters. The summed E-state index contributed by atoms with van der Waals surface area (Å²) in [6.45, 7) is 18.9. The van der Waals surface area contributed by atoms with E-state index in [0.29, 0.717) is 0 Å². The number of fused-ring (bicyclic) bond motifs is 1. The molecule has 1 aliphatic heterocycles. The van der Waals surface area contributed by atoms with Crippen LogP contribution in [0.3, 0.4) is 0 Å². The van der Waals surface area contributed by atoms with Gasteiger partial charge in [-0.15, -0.1) is 0 Å². The number of carboxylic acid groups (broad SMARTS) is 2. The van der Waals surface area contributed by atoms with Crippen LogP contribution in [0.25, 0.3) is 0 Å². The molecule has 45 heavy (non-hydrogen) atoms. The number of benzene rings is 1. The van der Waals surface area contributed by atoms with Gasteiger partial charge in [-0.25, -0.2) is 0 Å². The van der Waals surface area contributed by atoms with Gasteiger partial charge in [0, 0.05) is 32.0 Å². The maximum absolute atomic E-state index is 11.6. The Morgan fingerprint density at radius 3 is 1.69 bits per heavy atom. The Morgan fingerprint density at radius 2 is 1.27 bits per heavy atom. The Balaban J connectivity index is 0. The summed E-state index contributed by atoms with van der Waals surface area (Å²) in [7, 11) is 0. The van der Waals surface area contributed by atoms with Gasteiger partial charge in [0.2, 0.25) is 0 Å². The van der Waals surface area contributed by atoms with E-state index in [1.807, 2.05) is 6.92 Å². The summed E-state index contributed by atoms with van der Waals surface area (Å²) in [6, 6.07) is 0. The number of carbonyl (C=O) groups is 3. The second-order valence-corrected chi connectivity index (χ2v) is 13.2. The number of nitrogens with two attached hydrogens (primary N) is 2. The molecule has 10 heteroatoms. The predicted octanol–water partition coefficient (Wildman–Crippen LogP) is 7.12. The van der Waals surface area contributed by atoms with E-state index in [2.05, 4.69) is 59.9 Å². The topological polar surface area (TPSA) is 162 Å². The monoisotopic (exact) mass is 686 g/mol. The number of carbonyl (C=O) groups excluding carboxylic acids is 1. The van der Waals surface area contributed by atoms with Gasteiger partial charge in [-0.1, -0.05) is 72.6 Å². The largest absolute Gasteiger partial charge is 0.487 e. The number of rotatable bonds is 15. The molecule has 0 aromatic heterocycles. The fraction of sp³-hybridized carbons (Fsp3) is 0.743. The molecule has 0 saturated heterocycles. The molecule has 0 bridgehead atoms. The van der Waals surface area contributed by atoms with Crippen molar-refractivity contribution in [2.24, 2.45) is 29.2 Å². The molecule has 1 aliphatic rings. The molecule has 6 N–H and O–H groups in total. The molecule has 9 nitrogen and oxygen atoms in total. The smallest absolute Gasteiger partial charge is 0.317 e. The fourth-order valence-corrected chi connectivity index (χ4v) is 5.56. The Kier molecular flexibility index (Phi) is 23.4. The maximum Gasteiger partial charge on any atom is 0.317 e. The molecule has 1 aromatic rings. The second kappa shape index (κ2) is 23.3. The van der Waals surface area contributed by atoms with E-state index in [-0.39, 0.29) is 44.1 Å². The summed E-state index contributed by atoms with van der Waals surface area (Å²) in [5.41, 5.74) is 13.4. The number of carboxylic acids is 2. The van der Waals surface area contributed by atoms with Crippen molar-refractivity contribution in [3.63, 3.8) is 0 Å². The van der Waals surface area contributed by atoms with Gasteiger partial charge in [-0.05, 0) is 87.8 Å². The Morgan fingerprint density at radius 1 is 0.822 bits per heavy atom. The minimum atomic E-state index is -0.968. The van der Waals surface area contributed by atoms with Crippen molar-refractivity contribution in [3.05, 3.63) is 22.3 Å². The number of hydrogen-bond donors (Lipinski definition) is 4. The Bertz CT molecular complexity index is 1030. The van der Waals surface area contributed by atoms with E-state index in [4.69, 9.17) is 19.7 Å². The second-order valence-electron chi connectivity index (χ2n) is 13.2. The molecule has 0 aliphatic carbocycles. The van der Waals surface area contributed by atoms with Crippen LogP contribution in [0.15, 0.2) is 0 Å². The first-order valence-corrected chi connectivity index (χ1v) is 16.3. The van der Waals surface area contributed by atoms with Gasteiger partial charge in [0.1, 0.15) is 17.1 Å². The molecule has 0 amide bonds. The third-order valence-electron chi connectivity index (χ3n) is 8.43. The van der Waals surface area contributed by atoms with Crippen LogP contribution in [0.2, 0.25) is 0 Å². The summed E-state index contributed by atoms with van der Waals surface area (Å²) in [4.78, 5) is 30.1. The molecule has 256 valence electrons. The van der Waals surface area contributed by atoms with E-state index in [1.54, 1.807) is 0 Å². The number of ether oxygens (including phenoxy) is 2. The van der Waals surface area contributed by atoms with Crippen LogP contribution >= 0.6 is 0 Å². The van der Waals surface area contributed by atoms with E-state index in [1.165, 1.54) is 63.9 Å². The van der Waals surface area contributed by atoms with Crippen LogP contribution in [0, 0.1) is 38.5 Å². The summed E-state index contributed by atoms with van der Waals surface area (Å²) in [6.07, 6.45) is 13.9. The molecule has 0 fully saturated rings. The van der Waals surface area contributed by atoms with Gasteiger partial charge in [-0.3, -0.25) is 14.4 Å². The minimum Gasteiger partial charge on any atom is -0.487 e. The van der Waals surface area contributed by atoms with Crippen LogP contribution in [0.5, 0.6) is 11.5 Å². The zero-order valence-electron chi connectivity index (χ0n) is 29.7. The van der Waals surface area contributed by atoms with Crippen molar-refractivity contribution in [2.75, 3.05) is 13.1 Å². The van der Waals surface area contributed by atoms with Gasteiger partial charge in [0.05, 0.1) is 13.1 Å². The van der Waals surface area contributed by atoms with Crippen LogP contribution in [-0.4, -0.2) is 46.8 Å². The molecular formula is C35H62N2O7Zn. The summed E-state index contributed by atoms with van der Waals surface area (Å²) < 4.78 is 12.2. The standard InChI is InChI=1S/C31H52O3.2C2H5NO2.Zn/c1-21(2)13-10-14-22(3)15-11-16-23(4)17-12-19-31(9)20-18-28-26(7)29(33-27(8)32)24(5)25(6)30(28)34-31;2*3-1-2(4)5;/h21-23H,10-20H2,1-9H3;2*1,3H2,(H,4,5);/t22-,23-,31-;;;/m1.../s1. The average molecular weight is 688 g/mol. The van der Waals surface area contributed by atoms with E-state index < -0.39 is 11.9 Å². The molecule has 1 aromatic carbocycles. The molecule has 0 unspecified atom stereocenters. The van der Waals surface area contributed by atoms with Crippen LogP contribution in [0.4, 0.5) is 0 Å². The van der Waals surface area contributed by atoms with Crippen molar-refractivity contribution >= 4 is 17.9 Å². The minimum absolute atomic E-state index is 0. The van der Waals surface area contributed by atoms with Crippen molar-refractivity contribution < 1.29 is 53.5 Å². The van der Waals surface area contributed by atoms with E-state index >= 15 is 0 Å². The van der Waals surface area contributed by atoms with Crippen LogP contribution < -0.4 is 20.9 Å². The molecule has 2 rings (SSSR count). The van der Waals surface area contributed by atoms with Crippen LogP contribution in [0.1, 0.15) is 128 Å². The Hall–Kier alpha value is -2.03. The van der Waals surface area contributed by atoms with Gasteiger partial charge in [0.25, 0.3) is 0 Å². The molecule has 0 spiro atoms. The predicted molar refractivity (Wildman–Crippen MR) is 177 cm³/mol. The third kappa shape index (κ3) is 18.6. The first-order valence-electron chi connectivity index (χ1n) is 16.3. The molecule has 1 heterocycles. The first kappa shape index (κ1) is 45.1. The van der Waals surface area contributed by atoms with E-state index in [9.17, 15) is 14.4 Å². The van der Waals surface area contributed by atoms with Crippen molar-refractivity contribution in [3.8, 4) is 11.5 Å². The normalized spacial score (nSPS) is 16.4. The van der Waals surface area contributed by atoms with Gasteiger partial charge in [0.15, 0.2) is 0 Å². The van der Waals surface area contributed by atoms with Crippen molar-refractivity contribution in [2.45, 2.75) is 139 Å². The zero-order valence-corrected chi connectivity index (χ0v) is 32.7. The van der Waals surface area contributed by atoms with Gasteiger partial charge >= 0.3 is 17.9 Å².